The molecule has 0 aliphatic heterocycles. The van der Waals surface area contributed by atoms with Gasteiger partial charge in [-0.15, -0.1) is 10.2 Å². The molecule has 6 nitrogen and oxygen atoms in total. The summed E-state index contributed by atoms with van der Waals surface area (Å²) in [7, 11) is 0. The molecule has 1 fully saturated rings. The molecule has 8 heteroatoms. The third-order valence-electron chi connectivity index (χ3n) is 6.04. The van der Waals surface area contributed by atoms with E-state index >= 15 is 0 Å². The van der Waals surface area contributed by atoms with E-state index in [2.05, 4.69) is 34.3 Å². The second-order valence-corrected chi connectivity index (χ2v) is 9.03. The van der Waals surface area contributed by atoms with E-state index in [1.807, 2.05) is 16.7 Å². The number of carbonyl (C=O) groups is 1. The molecule has 1 aromatic carbocycles. The van der Waals surface area contributed by atoms with Gasteiger partial charge in [0.25, 0.3) is 0 Å². The molecule has 1 aliphatic rings. The van der Waals surface area contributed by atoms with Crippen LogP contribution in [0.4, 0.5) is 4.39 Å². The minimum absolute atomic E-state index is 0.00457. The van der Waals surface area contributed by atoms with Crippen molar-refractivity contribution >= 4 is 17.7 Å². The molecule has 3 aromatic rings. The lowest BCUT2D eigenvalue weighted by Gasteiger charge is -2.34. The summed E-state index contributed by atoms with van der Waals surface area (Å²) in [5, 5.41) is 12.4. The number of nitrogens with one attached hydrogen (secondary N) is 1. The Morgan fingerprint density at radius 2 is 1.87 bits per heavy atom. The highest BCUT2D eigenvalue weighted by Gasteiger charge is 2.28. The van der Waals surface area contributed by atoms with Crippen molar-refractivity contribution in [2.45, 2.75) is 44.3 Å². The zero-order chi connectivity index (χ0) is 21.8. The summed E-state index contributed by atoms with van der Waals surface area (Å²) in [6, 6.07) is 10.1. The number of carbonyl (C=O) groups excluding carboxylic acids is 1. The van der Waals surface area contributed by atoms with E-state index in [9.17, 15) is 9.18 Å². The standard InChI is InChI=1S/C23H26FN5OS/c1-15-4-3-5-20(16(15)2)26-21(30)14-31-23-28-27-22(17-10-12-25-13-11-17)29(23)19-8-6-18(24)7-9-19/h6-13,15-16,20H,3-5,14H2,1-2H3,(H,26,30). The number of aromatic nitrogens is 4. The van der Waals surface area contributed by atoms with Crippen molar-refractivity contribution in [3.05, 3.63) is 54.6 Å². The van der Waals surface area contributed by atoms with E-state index in [1.165, 1.54) is 30.3 Å². The highest BCUT2D eigenvalue weighted by molar-refractivity contribution is 7.99. The molecule has 0 saturated heterocycles. The van der Waals surface area contributed by atoms with E-state index in [4.69, 9.17) is 0 Å². The maximum absolute atomic E-state index is 13.5. The van der Waals surface area contributed by atoms with Gasteiger partial charge in [0.05, 0.1) is 5.75 Å². The molecule has 3 atom stereocenters. The van der Waals surface area contributed by atoms with E-state index in [-0.39, 0.29) is 23.5 Å². The third kappa shape index (κ3) is 4.95. The number of halogens is 1. The van der Waals surface area contributed by atoms with Crippen LogP contribution in [0.2, 0.25) is 0 Å². The molecule has 1 N–H and O–H groups in total. The topological polar surface area (TPSA) is 72.7 Å². The molecule has 0 spiro atoms. The van der Waals surface area contributed by atoms with Crippen molar-refractivity contribution in [2.24, 2.45) is 11.8 Å². The molecule has 1 saturated carbocycles. The summed E-state index contributed by atoms with van der Waals surface area (Å²) in [6.45, 7) is 4.47. The lowest BCUT2D eigenvalue weighted by Crippen LogP contribution is -2.44. The number of thioether (sulfide) groups is 1. The summed E-state index contributed by atoms with van der Waals surface area (Å²) < 4.78 is 15.3. The average molecular weight is 440 g/mol. The second kappa shape index (κ2) is 9.60. The highest BCUT2D eigenvalue weighted by Crippen LogP contribution is 2.30. The quantitative estimate of drug-likeness (QED) is 0.573. The summed E-state index contributed by atoms with van der Waals surface area (Å²) in [6.07, 6.45) is 6.77. The van der Waals surface area contributed by atoms with Crippen molar-refractivity contribution in [3.63, 3.8) is 0 Å². The van der Waals surface area contributed by atoms with Crippen molar-refractivity contribution in [3.8, 4) is 17.1 Å². The Morgan fingerprint density at radius 3 is 2.61 bits per heavy atom. The second-order valence-electron chi connectivity index (χ2n) is 8.08. The van der Waals surface area contributed by atoms with Gasteiger partial charge >= 0.3 is 0 Å². The van der Waals surface area contributed by atoms with Crippen molar-refractivity contribution in [2.75, 3.05) is 5.75 Å². The number of hydrogen-bond acceptors (Lipinski definition) is 5. The Labute approximate surface area is 185 Å². The van der Waals surface area contributed by atoms with Gasteiger partial charge in [0, 0.05) is 29.7 Å². The first kappa shape index (κ1) is 21.5. The van der Waals surface area contributed by atoms with Gasteiger partial charge in [0.2, 0.25) is 5.91 Å². The first-order valence-electron chi connectivity index (χ1n) is 10.6. The van der Waals surface area contributed by atoms with E-state index in [1.54, 1.807) is 24.5 Å². The largest absolute Gasteiger partial charge is 0.352 e. The van der Waals surface area contributed by atoms with Gasteiger partial charge in [-0.2, -0.15) is 0 Å². The number of rotatable bonds is 6. The molecule has 1 amide bonds. The number of pyridine rings is 1. The molecule has 1 aliphatic carbocycles. The maximum Gasteiger partial charge on any atom is 0.230 e. The lowest BCUT2D eigenvalue weighted by molar-refractivity contribution is -0.120. The number of benzene rings is 1. The molecule has 162 valence electrons. The van der Waals surface area contributed by atoms with Gasteiger partial charge in [0.15, 0.2) is 11.0 Å². The predicted molar refractivity (Wildman–Crippen MR) is 119 cm³/mol. The molecule has 3 unspecified atom stereocenters. The van der Waals surface area contributed by atoms with Crippen LogP contribution in [0.3, 0.4) is 0 Å². The third-order valence-corrected chi connectivity index (χ3v) is 6.97. The first-order valence-corrected chi connectivity index (χ1v) is 11.6. The highest BCUT2D eigenvalue weighted by atomic mass is 32.2. The monoisotopic (exact) mass is 439 g/mol. The summed E-state index contributed by atoms with van der Waals surface area (Å²) >= 11 is 1.33. The molecular weight excluding hydrogens is 413 g/mol. The SMILES string of the molecule is CC1CCCC(NC(=O)CSc2nnc(-c3ccncc3)n2-c2ccc(F)cc2)C1C. The Morgan fingerprint density at radius 1 is 1.13 bits per heavy atom. The zero-order valence-corrected chi connectivity index (χ0v) is 18.5. The summed E-state index contributed by atoms with van der Waals surface area (Å²) in [4.78, 5) is 16.7. The van der Waals surface area contributed by atoms with Crippen molar-refractivity contribution in [1.82, 2.24) is 25.1 Å². The van der Waals surface area contributed by atoms with E-state index in [0.29, 0.717) is 22.8 Å². The van der Waals surface area contributed by atoms with E-state index in [0.717, 1.165) is 24.1 Å². The fourth-order valence-corrected chi connectivity index (χ4v) is 4.80. The Kier molecular flexibility index (Phi) is 6.65. The minimum Gasteiger partial charge on any atom is -0.352 e. The Bertz CT molecular complexity index is 1020. The summed E-state index contributed by atoms with van der Waals surface area (Å²) in [5.41, 5.74) is 1.57. The zero-order valence-electron chi connectivity index (χ0n) is 17.7. The van der Waals surface area contributed by atoms with Crippen LogP contribution in [0.5, 0.6) is 0 Å². The average Bonchev–Trinajstić information content (AvgIpc) is 3.21. The van der Waals surface area contributed by atoms with Gasteiger partial charge in [-0.1, -0.05) is 38.5 Å². The van der Waals surface area contributed by atoms with Crippen LogP contribution >= 0.6 is 11.8 Å². The molecule has 0 radical (unpaired) electrons. The first-order chi connectivity index (χ1) is 15.0. The van der Waals surface area contributed by atoms with Crippen LogP contribution in [-0.2, 0) is 4.79 Å². The summed E-state index contributed by atoms with van der Waals surface area (Å²) in [5.74, 6) is 1.64. The number of hydrogen-bond donors (Lipinski definition) is 1. The fourth-order valence-electron chi connectivity index (χ4n) is 4.04. The Hall–Kier alpha value is -2.74. The molecule has 31 heavy (non-hydrogen) atoms. The van der Waals surface area contributed by atoms with Gasteiger partial charge in [-0.3, -0.25) is 14.3 Å². The smallest absolute Gasteiger partial charge is 0.230 e. The van der Waals surface area contributed by atoms with Crippen LogP contribution in [0.1, 0.15) is 33.1 Å². The Balaban J connectivity index is 1.53. The van der Waals surface area contributed by atoms with Crippen LogP contribution in [0.15, 0.2) is 53.9 Å². The molecular formula is C23H26FN5OS. The van der Waals surface area contributed by atoms with Gasteiger partial charge in [-0.25, -0.2) is 4.39 Å². The number of nitrogens with zero attached hydrogens (tertiary/aromatic N) is 4. The van der Waals surface area contributed by atoms with Crippen LogP contribution in [0, 0.1) is 17.7 Å². The predicted octanol–water partition coefficient (Wildman–Crippen LogP) is 4.50. The number of amides is 1. The van der Waals surface area contributed by atoms with Crippen LogP contribution < -0.4 is 5.32 Å². The molecule has 0 bridgehead atoms. The van der Waals surface area contributed by atoms with Crippen molar-refractivity contribution in [1.29, 1.82) is 0 Å². The molecule has 4 rings (SSSR count). The van der Waals surface area contributed by atoms with E-state index < -0.39 is 0 Å². The molecule has 2 aromatic heterocycles. The van der Waals surface area contributed by atoms with Crippen LogP contribution in [0.25, 0.3) is 17.1 Å². The van der Waals surface area contributed by atoms with Gasteiger partial charge in [0.1, 0.15) is 5.82 Å². The molecule has 2 heterocycles. The van der Waals surface area contributed by atoms with Crippen LogP contribution in [-0.4, -0.2) is 37.5 Å². The lowest BCUT2D eigenvalue weighted by atomic mass is 9.78. The maximum atomic E-state index is 13.5. The van der Waals surface area contributed by atoms with Gasteiger partial charge in [-0.05, 0) is 54.7 Å². The van der Waals surface area contributed by atoms with Gasteiger partial charge < -0.3 is 5.32 Å². The fraction of sp³-hybridized carbons (Fsp3) is 0.391. The van der Waals surface area contributed by atoms with Crippen molar-refractivity contribution < 1.29 is 9.18 Å². The normalized spacial score (nSPS) is 21.1. The minimum atomic E-state index is -0.313.